The fraction of sp³-hybridized carbons (Fsp3) is 0.536. The Labute approximate surface area is 201 Å². The van der Waals surface area contributed by atoms with E-state index in [1.807, 2.05) is 50.2 Å². The van der Waals surface area contributed by atoms with E-state index in [2.05, 4.69) is 58.1 Å². The van der Waals surface area contributed by atoms with Gasteiger partial charge in [-0.05, 0) is 49.0 Å². The van der Waals surface area contributed by atoms with Crippen molar-refractivity contribution in [2.45, 2.75) is 84.4 Å². The molecule has 0 aliphatic rings. The molecule has 0 heterocycles. The first kappa shape index (κ1) is 27.3. The van der Waals surface area contributed by atoms with Gasteiger partial charge >= 0.3 is 5.97 Å². The van der Waals surface area contributed by atoms with Crippen LogP contribution in [-0.2, 0) is 25.3 Å². The van der Waals surface area contributed by atoms with E-state index >= 15 is 0 Å². The van der Waals surface area contributed by atoms with Gasteiger partial charge in [-0.25, -0.2) is 0 Å². The lowest BCUT2D eigenvalue weighted by molar-refractivity contribution is -0.151. The lowest BCUT2D eigenvalue weighted by Gasteiger charge is -2.42. The summed E-state index contributed by atoms with van der Waals surface area (Å²) in [5.41, 5.74) is 2.19. The lowest BCUT2D eigenvalue weighted by Crippen LogP contribution is -2.45. The van der Waals surface area contributed by atoms with Crippen LogP contribution in [0.5, 0.6) is 0 Å². The van der Waals surface area contributed by atoms with E-state index in [1.165, 1.54) is 0 Å². The van der Waals surface area contributed by atoms with Crippen molar-refractivity contribution in [3.05, 3.63) is 71.8 Å². The highest BCUT2D eigenvalue weighted by Gasteiger charge is 2.42. The number of ether oxygens (including phenoxy) is 2. The van der Waals surface area contributed by atoms with E-state index in [4.69, 9.17) is 13.9 Å². The Morgan fingerprint density at radius 2 is 1.52 bits per heavy atom. The van der Waals surface area contributed by atoms with Gasteiger partial charge in [-0.3, -0.25) is 4.79 Å². The monoisotopic (exact) mass is 470 g/mol. The van der Waals surface area contributed by atoms with Gasteiger partial charge in [-0.1, -0.05) is 88.4 Å². The van der Waals surface area contributed by atoms with E-state index in [0.717, 1.165) is 11.1 Å². The smallest absolute Gasteiger partial charge is 0.309 e. The molecule has 0 spiro atoms. The molecule has 0 N–H and O–H groups in total. The molecule has 2 aromatic carbocycles. The Hall–Kier alpha value is -1.95. The largest absolute Gasteiger partial charge is 0.466 e. The molecule has 3 atom stereocenters. The Morgan fingerprint density at radius 1 is 0.939 bits per heavy atom. The molecular weight excluding hydrogens is 428 g/mol. The second-order valence-electron chi connectivity index (χ2n) is 10.1. The molecule has 0 amide bonds. The van der Waals surface area contributed by atoms with Crippen molar-refractivity contribution in [1.29, 1.82) is 0 Å². The van der Waals surface area contributed by atoms with Crippen LogP contribution in [0.15, 0.2) is 60.7 Å². The van der Waals surface area contributed by atoms with Gasteiger partial charge in [0, 0.05) is 0 Å². The van der Waals surface area contributed by atoms with Crippen LogP contribution >= 0.6 is 0 Å². The zero-order valence-corrected chi connectivity index (χ0v) is 22.5. The number of esters is 1. The number of rotatable bonds is 12. The topological polar surface area (TPSA) is 44.8 Å². The predicted octanol–water partition coefficient (Wildman–Crippen LogP) is 7.31. The van der Waals surface area contributed by atoms with Gasteiger partial charge in [0.1, 0.15) is 0 Å². The second-order valence-corrected chi connectivity index (χ2v) is 14.9. The zero-order valence-electron chi connectivity index (χ0n) is 21.5. The third-order valence-corrected chi connectivity index (χ3v) is 11.1. The molecule has 0 unspecified atom stereocenters. The van der Waals surface area contributed by atoms with Gasteiger partial charge in [0.15, 0.2) is 8.32 Å². The maximum Gasteiger partial charge on any atom is 0.309 e. The summed E-state index contributed by atoms with van der Waals surface area (Å²) in [6.07, 6.45) is 0.706. The van der Waals surface area contributed by atoms with Crippen LogP contribution in [0, 0.1) is 5.92 Å². The van der Waals surface area contributed by atoms with Crippen LogP contribution in [0.4, 0.5) is 0 Å². The highest BCUT2D eigenvalue weighted by atomic mass is 28.4. The Morgan fingerprint density at radius 3 is 2.03 bits per heavy atom. The molecule has 2 aromatic rings. The molecule has 0 saturated heterocycles. The van der Waals surface area contributed by atoms with Crippen LogP contribution in [0.2, 0.25) is 18.1 Å². The molecule has 0 aliphatic heterocycles. The summed E-state index contributed by atoms with van der Waals surface area (Å²) in [7, 11) is -2.12. The molecule has 0 aliphatic carbocycles. The summed E-state index contributed by atoms with van der Waals surface area (Å²) in [4.78, 5) is 12.7. The molecular formula is C28H42O4Si. The first-order chi connectivity index (χ1) is 15.6. The Balaban J connectivity index is 2.42. The molecule has 4 nitrogen and oxygen atoms in total. The van der Waals surface area contributed by atoms with Gasteiger partial charge in [-0.2, -0.15) is 0 Å². The summed E-state index contributed by atoms with van der Waals surface area (Å²) in [5.74, 6) is -0.396. The highest BCUT2D eigenvalue weighted by Crippen LogP contribution is 2.42. The van der Waals surface area contributed by atoms with Crippen LogP contribution in [0.1, 0.15) is 64.7 Å². The molecule has 33 heavy (non-hydrogen) atoms. The normalized spacial score (nSPS) is 15.0. The van der Waals surface area contributed by atoms with Gasteiger partial charge in [-0.15, -0.1) is 0 Å². The molecule has 5 heteroatoms. The standard InChI is InChI=1S/C28H42O4Si/c1-8-23(27(29)30-9-2)20-25(31-21-22-16-12-10-13-17-22)26(24-18-14-11-15-19-24)32-33(6,7)28(3,4)5/h10-19,23,25-26H,8-9,20-21H2,1-7H3/t23-,25+,26+/m1/s1. The summed E-state index contributed by atoms with van der Waals surface area (Å²) < 4.78 is 18.9. The second kappa shape index (κ2) is 12.5. The van der Waals surface area contributed by atoms with Crippen molar-refractivity contribution in [2.24, 2.45) is 5.92 Å². The van der Waals surface area contributed by atoms with E-state index in [0.29, 0.717) is 26.1 Å². The van der Waals surface area contributed by atoms with E-state index < -0.39 is 8.32 Å². The van der Waals surface area contributed by atoms with Crippen molar-refractivity contribution in [2.75, 3.05) is 6.61 Å². The van der Waals surface area contributed by atoms with Crippen molar-refractivity contribution in [3.8, 4) is 0 Å². The SMILES string of the molecule is CCOC(=O)[C@H](CC)C[C@H](OCc1ccccc1)[C@@H](O[Si](C)(C)C(C)(C)C)c1ccccc1. The minimum absolute atomic E-state index is 0.0509. The van der Waals surface area contributed by atoms with Crippen molar-refractivity contribution < 1.29 is 18.7 Å². The first-order valence-corrected chi connectivity index (χ1v) is 15.0. The average molecular weight is 471 g/mol. The Kier molecular flexibility index (Phi) is 10.3. The first-order valence-electron chi connectivity index (χ1n) is 12.1. The predicted molar refractivity (Wildman–Crippen MR) is 138 cm³/mol. The van der Waals surface area contributed by atoms with Crippen LogP contribution in [0.25, 0.3) is 0 Å². The minimum atomic E-state index is -2.12. The molecule has 182 valence electrons. The van der Waals surface area contributed by atoms with Crippen LogP contribution < -0.4 is 0 Å². The van der Waals surface area contributed by atoms with Crippen molar-refractivity contribution >= 4 is 14.3 Å². The third-order valence-electron chi connectivity index (χ3n) is 6.63. The summed E-state index contributed by atoms with van der Waals surface area (Å²) in [6, 6.07) is 20.4. The molecule has 0 aromatic heterocycles. The molecule has 0 bridgehead atoms. The maximum atomic E-state index is 12.7. The number of hydrogen-bond donors (Lipinski definition) is 0. The number of carbonyl (C=O) groups is 1. The fourth-order valence-electron chi connectivity index (χ4n) is 3.52. The molecule has 0 radical (unpaired) electrons. The molecule has 2 rings (SSSR count). The number of carbonyl (C=O) groups excluding carboxylic acids is 1. The van der Waals surface area contributed by atoms with Gasteiger partial charge in [0.05, 0.1) is 31.3 Å². The van der Waals surface area contributed by atoms with Crippen LogP contribution in [-0.4, -0.2) is 27.0 Å². The average Bonchev–Trinajstić information content (AvgIpc) is 2.78. The number of benzene rings is 2. The van der Waals surface area contributed by atoms with E-state index in [9.17, 15) is 4.79 Å². The lowest BCUT2D eigenvalue weighted by atomic mass is 9.93. The third kappa shape index (κ3) is 8.09. The maximum absolute atomic E-state index is 12.7. The molecule has 0 fully saturated rings. The summed E-state index contributed by atoms with van der Waals surface area (Å²) in [6.45, 7) is 16.0. The Bertz CT molecular complexity index is 830. The minimum Gasteiger partial charge on any atom is -0.466 e. The van der Waals surface area contributed by atoms with Gasteiger partial charge in [0.25, 0.3) is 0 Å². The molecule has 0 saturated carbocycles. The van der Waals surface area contributed by atoms with E-state index in [1.54, 1.807) is 0 Å². The van der Waals surface area contributed by atoms with Crippen molar-refractivity contribution in [1.82, 2.24) is 0 Å². The fourth-order valence-corrected chi connectivity index (χ4v) is 4.80. The van der Waals surface area contributed by atoms with E-state index in [-0.39, 0.29) is 29.1 Å². The summed E-state index contributed by atoms with van der Waals surface area (Å²) in [5, 5.41) is 0.0509. The highest BCUT2D eigenvalue weighted by molar-refractivity contribution is 6.74. The van der Waals surface area contributed by atoms with Gasteiger partial charge in [0.2, 0.25) is 0 Å². The van der Waals surface area contributed by atoms with Crippen molar-refractivity contribution in [3.63, 3.8) is 0 Å². The zero-order chi connectivity index (χ0) is 24.5. The quantitative estimate of drug-likeness (QED) is 0.241. The summed E-state index contributed by atoms with van der Waals surface area (Å²) >= 11 is 0. The van der Waals surface area contributed by atoms with Crippen LogP contribution in [0.3, 0.4) is 0 Å². The van der Waals surface area contributed by atoms with Gasteiger partial charge < -0.3 is 13.9 Å². The number of hydrogen-bond acceptors (Lipinski definition) is 4.